The van der Waals surface area contributed by atoms with Crippen molar-refractivity contribution in [3.8, 4) is 5.75 Å². The van der Waals surface area contributed by atoms with Crippen LogP contribution in [-0.4, -0.2) is 17.6 Å². The third-order valence-electron chi connectivity index (χ3n) is 1.98. The van der Waals surface area contributed by atoms with Crippen molar-refractivity contribution in [2.24, 2.45) is 5.92 Å². The van der Waals surface area contributed by atoms with Gasteiger partial charge in [0.25, 0.3) is 5.91 Å². The predicted molar refractivity (Wildman–Crippen MR) is 61.1 cm³/mol. The van der Waals surface area contributed by atoms with Gasteiger partial charge in [0.2, 0.25) is 0 Å². The fraction of sp³-hybridized carbons (Fsp3) is 0.417. The normalized spacial score (nSPS) is 10.5. The van der Waals surface area contributed by atoms with Gasteiger partial charge in [-0.05, 0) is 25.0 Å². The fourth-order valence-corrected chi connectivity index (χ4v) is 1.16. The number of hydrogen-bond donors (Lipinski definition) is 2. The number of amides is 1. The quantitative estimate of drug-likeness (QED) is 0.768. The molecule has 0 atom stereocenters. The van der Waals surface area contributed by atoms with Crippen LogP contribution < -0.4 is 5.48 Å². The van der Waals surface area contributed by atoms with Gasteiger partial charge in [-0.15, -0.1) is 0 Å². The van der Waals surface area contributed by atoms with E-state index in [1.165, 1.54) is 6.07 Å². The smallest absolute Gasteiger partial charge is 0.278 e. The van der Waals surface area contributed by atoms with Crippen molar-refractivity contribution in [1.82, 2.24) is 5.48 Å². The number of hydrogen-bond acceptors (Lipinski definition) is 3. The monoisotopic (exact) mass is 223 g/mol. The maximum atomic E-state index is 11.6. The first kappa shape index (κ1) is 12.5. The van der Waals surface area contributed by atoms with Crippen molar-refractivity contribution >= 4 is 5.91 Å². The molecule has 0 saturated heterocycles. The maximum absolute atomic E-state index is 11.6. The minimum absolute atomic E-state index is 0.0451. The average Bonchev–Trinajstić information content (AvgIpc) is 2.21. The van der Waals surface area contributed by atoms with Gasteiger partial charge >= 0.3 is 0 Å². The molecular weight excluding hydrogens is 206 g/mol. The third-order valence-corrected chi connectivity index (χ3v) is 1.98. The summed E-state index contributed by atoms with van der Waals surface area (Å²) in [5.41, 5.74) is 3.43. The topological polar surface area (TPSA) is 58.6 Å². The summed E-state index contributed by atoms with van der Waals surface area (Å²) in [4.78, 5) is 16.6. The Morgan fingerprint density at radius 2 is 2.19 bits per heavy atom. The summed E-state index contributed by atoms with van der Waals surface area (Å²) < 4.78 is 0. The molecule has 1 rings (SSSR count). The molecule has 1 aromatic rings. The van der Waals surface area contributed by atoms with E-state index in [1.54, 1.807) is 12.1 Å². The second-order valence-corrected chi connectivity index (χ2v) is 4.16. The molecule has 2 N–H and O–H groups in total. The first-order chi connectivity index (χ1) is 7.50. The number of nitrogens with one attached hydrogen (secondary N) is 1. The Morgan fingerprint density at radius 1 is 1.50 bits per heavy atom. The lowest BCUT2D eigenvalue weighted by Gasteiger charge is -2.09. The van der Waals surface area contributed by atoms with E-state index < -0.39 is 5.91 Å². The summed E-state index contributed by atoms with van der Waals surface area (Å²) in [6.07, 6.45) is 0. The summed E-state index contributed by atoms with van der Waals surface area (Å²) in [5, 5.41) is 9.50. The van der Waals surface area contributed by atoms with Crippen LogP contribution in [0.3, 0.4) is 0 Å². The SMILES string of the molecule is Cc1ccc(O)c(C(=O)NOCC(C)C)c1. The van der Waals surface area contributed by atoms with Crippen LogP contribution in [0.25, 0.3) is 0 Å². The van der Waals surface area contributed by atoms with E-state index in [9.17, 15) is 9.90 Å². The Hall–Kier alpha value is -1.55. The van der Waals surface area contributed by atoms with Gasteiger partial charge in [-0.2, -0.15) is 0 Å². The van der Waals surface area contributed by atoms with Crippen molar-refractivity contribution in [3.63, 3.8) is 0 Å². The predicted octanol–water partition coefficient (Wildman–Crippen LogP) is 2.02. The molecule has 0 unspecified atom stereocenters. The lowest BCUT2D eigenvalue weighted by molar-refractivity contribution is 0.0207. The lowest BCUT2D eigenvalue weighted by atomic mass is 10.1. The van der Waals surface area contributed by atoms with Gasteiger partial charge in [0.05, 0.1) is 12.2 Å². The fourth-order valence-electron chi connectivity index (χ4n) is 1.16. The number of rotatable bonds is 4. The number of benzene rings is 1. The van der Waals surface area contributed by atoms with E-state index in [0.717, 1.165) is 5.56 Å². The molecule has 0 heterocycles. The molecule has 0 fully saturated rings. The number of aryl methyl sites for hydroxylation is 1. The molecule has 1 aromatic carbocycles. The first-order valence-electron chi connectivity index (χ1n) is 5.22. The minimum atomic E-state index is -0.429. The number of aromatic hydroxyl groups is 1. The minimum Gasteiger partial charge on any atom is -0.507 e. The number of carbonyl (C=O) groups excluding carboxylic acids is 1. The van der Waals surface area contributed by atoms with Crippen LogP contribution >= 0.6 is 0 Å². The Kier molecular flexibility index (Phi) is 4.31. The summed E-state index contributed by atoms with van der Waals surface area (Å²) in [7, 11) is 0. The molecule has 1 amide bonds. The van der Waals surface area contributed by atoms with Gasteiger partial charge < -0.3 is 5.11 Å². The second kappa shape index (κ2) is 5.51. The molecule has 0 saturated carbocycles. The van der Waals surface area contributed by atoms with Crippen molar-refractivity contribution in [1.29, 1.82) is 0 Å². The zero-order valence-electron chi connectivity index (χ0n) is 9.78. The summed E-state index contributed by atoms with van der Waals surface area (Å²) in [5.74, 6) is -0.135. The molecule has 0 radical (unpaired) electrons. The molecule has 4 nitrogen and oxygen atoms in total. The Bertz CT molecular complexity index is 375. The highest BCUT2D eigenvalue weighted by Gasteiger charge is 2.11. The van der Waals surface area contributed by atoms with Gasteiger partial charge in [0.1, 0.15) is 5.75 Å². The highest BCUT2D eigenvalue weighted by atomic mass is 16.6. The van der Waals surface area contributed by atoms with Crippen LogP contribution in [0.2, 0.25) is 0 Å². The zero-order valence-corrected chi connectivity index (χ0v) is 9.78. The maximum Gasteiger partial charge on any atom is 0.278 e. The van der Waals surface area contributed by atoms with Gasteiger partial charge in [-0.3, -0.25) is 9.63 Å². The van der Waals surface area contributed by atoms with Gasteiger partial charge in [-0.1, -0.05) is 25.5 Å². The summed E-state index contributed by atoms with van der Waals surface area (Å²) >= 11 is 0. The molecule has 16 heavy (non-hydrogen) atoms. The van der Waals surface area contributed by atoms with E-state index >= 15 is 0 Å². The van der Waals surface area contributed by atoms with E-state index in [4.69, 9.17) is 4.84 Å². The molecule has 88 valence electrons. The molecule has 0 aliphatic rings. The highest BCUT2D eigenvalue weighted by Crippen LogP contribution is 2.17. The van der Waals surface area contributed by atoms with Crippen molar-refractivity contribution < 1.29 is 14.7 Å². The zero-order chi connectivity index (χ0) is 12.1. The average molecular weight is 223 g/mol. The van der Waals surface area contributed by atoms with Crippen molar-refractivity contribution in [2.45, 2.75) is 20.8 Å². The highest BCUT2D eigenvalue weighted by molar-refractivity contribution is 5.96. The van der Waals surface area contributed by atoms with E-state index in [1.807, 2.05) is 20.8 Å². The van der Waals surface area contributed by atoms with E-state index in [-0.39, 0.29) is 11.3 Å². The molecular formula is C12H17NO3. The van der Waals surface area contributed by atoms with Crippen LogP contribution in [0.5, 0.6) is 5.75 Å². The lowest BCUT2D eigenvalue weighted by Crippen LogP contribution is -2.25. The molecule has 0 bridgehead atoms. The van der Waals surface area contributed by atoms with Crippen LogP contribution in [-0.2, 0) is 4.84 Å². The van der Waals surface area contributed by atoms with Gasteiger partial charge in [-0.25, -0.2) is 5.48 Å². The Morgan fingerprint density at radius 3 is 2.81 bits per heavy atom. The van der Waals surface area contributed by atoms with E-state index in [0.29, 0.717) is 12.5 Å². The number of phenols is 1. The summed E-state index contributed by atoms with van der Waals surface area (Å²) in [6.45, 7) is 6.26. The molecule has 0 spiro atoms. The molecule has 0 aromatic heterocycles. The van der Waals surface area contributed by atoms with Crippen LogP contribution in [0.4, 0.5) is 0 Å². The number of carbonyl (C=O) groups is 1. The third kappa shape index (κ3) is 3.55. The Balaban J connectivity index is 2.62. The molecule has 0 aliphatic carbocycles. The van der Waals surface area contributed by atoms with Gasteiger partial charge in [0.15, 0.2) is 0 Å². The van der Waals surface area contributed by atoms with E-state index in [2.05, 4.69) is 5.48 Å². The van der Waals surface area contributed by atoms with Crippen molar-refractivity contribution in [2.75, 3.05) is 6.61 Å². The Labute approximate surface area is 95.2 Å². The number of hydroxylamine groups is 1. The first-order valence-corrected chi connectivity index (χ1v) is 5.22. The van der Waals surface area contributed by atoms with Crippen LogP contribution in [0.15, 0.2) is 18.2 Å². The molecule has 4 heteroatoms. The standard InChI is InChI=1S/C12H17NO3/c1-8(2)7-16-13-12(15)10-6-9(3)4-5-11(10)14/h4-6,8,14H,7H2,1-3H3,(H,13,15). The number of phenolic OH excluding ortho intramolecular Hbond substituents is 1. The molecule has 0 aliphatic heterocycles. The second-order valence-electron chi connectivity index (χ2n) is 4.16. The summed E-state index contributed by atoms with van der Waals surface area (Å²) in [6, 6.07) is 4.84. The van der Waals surface area contributed by atoms with Gasteiger partial charge in [0, 0.05) is 0 Å². The van der Waals surface area contributed by atoms with Crippen LogP contribution in [0.1, 0.15) is 29.8 Å². The van der Waals surface area contributed by atoms with Crippen LogP contribution in [0, 0.1) is 12.8 Å². The van der Waals surface area contributed by atoms with Crippen molar-refractivity contribution in [3.05, 3.63) is 29.3 Å². The largest absolute Gasteiger partial charge is 0.507 e.